The molecule has 0 bridgehead atoms. The van der Waals surface area contributed by atoms with E-state index in [0.29, 0.717) is 11.5 Å². The molecule has 0 unspecified atom stereocenters. The van der Waals surface area contributed by atoms with E-state index in [2.05, 4.69) is 24.0 Å². The minimum Gasteiger partial charge on any atom is -0.508 e. The van der Waals surface area contributed by atoms with Gasteiger partial charge in [-0.05, 0) is 61.2 Å². The molecule has 0 aliphatic heterocycles. The second kappa shape index (κ2) is 9.21. The second-order valence-electron chi connectivity index (χ2n) is 6.03. The first kappa shape index (κ1) is 17.4. The molecule has 3 nitrogen and oxygen atoms in total. The van der Waals surface area contributed by atoms with Crippen LogP contribution >= 0.6 is 0 Å². The summed E-state index contributed by atoms with van der Waals surface area (Å²) in [4.78, 5) is 2.47. The summed E-state index contributed by atoms with van der Waals surface area (Å²) in [7, 11) is 0. The van der Waals surface area contributed by atoms with E-state index in [-0.39, 0.29) is 0 Å². The molecule has 23 heavy (non-hydrogen) atoms. The van der Waals surface area contributed by atoms with E-state index >= 15 is 0 Å². The molecule has 2 aromatic rings. The van der Waals surface area contributed by atoms with Crippen molar-refractivity contribution >= 4 is 0 Å². The van der Waals surface area contributed by atoms with E-state index in [1.807, 2.05) is 24.3 Å². The highest BCUT2D eigenvalue weighted by atomic mass is 16.3. The van der Waals surface area contributed by atoms with Crippen LogP contribution in [0.2, 0.25) is 0 Å². The summed E-state index contributed by atoms with van der Waals surface area (Å²) < 4.78 is 0. The Bertz CT molecular complexity index is 548. The highest BCUT2D eigenvalue weighted by Gasteiger charge is 2.06. The third-order valence-corrected chi connectivity index (χ3v) is 4.08. The number of rotatable bonds is 9. The highest BCUT2D eigenvalue weighted by Crippen LogP contribution is 2.14. The molecule has 2 rings (SSSR count). The molecule has 0 radical (unpaired) electrons. The van der Waals surface area contributed by atoms with Gasteiger partial charge < -0.3 is 15.1 Å². The Balaban J connectivity index is 1.88. The fourth-order valence-electron chi connectivity index (χ4n) is 2.72. The molecule has 0 aromatic heterocycles. The monoisotopic (exact) mass is 313 g/mol. The molecule has 0 saturated carbocycles. The number of phenols is 2. The Morgan fingerprint density at radius 2 is 1.30 bits per heavy atom. The summed E-state index contributed by atoms with van der Waals surface area (Å²) in [5, 5.41) is 19.1. The Hall–Kier alpha value is -2.00. The van der Waals surface area contributed by atoms with Crippen LogP contribution in [-0.2, 0) is 12.8 Å². The van der Waals surface area contributed by atoms with Crippen molar-refractivity contribution in [3.8, 4) is 11.5 Å². The molecule has 0 atom stereocenters. The number of phenolic OH excluding ortho intramolecular Hbond substituents is 2. The summed E-state index contributed by atoms with van der Waals surface area (Å²) in [5.74, 6) is 0.671. The van der Waals surface area contributed by atoms with Gasteiger partial charge in [-0.2, -0.15) is 0 Å². The van der Waals surface area contributed by atoms with Crippen LogP contribution in [-0.4, -0.2) is 34.7 Å². The Labute approximate surface area is 139 Å². The van der Waals surface area contributed by atoms with Gasteiger partial charge in [0.2, 0.25) is 0 Å². The van der Waals surface area contributed by atoms with Gasteiger partial charge in [-0.25, -0.2) is 0 Å². The lowest BCUT2D eigenvalue weighted by Crippen LogP contribution is -2.29. The fourth-order valence-corrected chi connectivity index (χ4v) is 2.72. The third kappa shape index (κ3) is 6.33. The summed E-state index contributed by atoms with van der Waals surface area (Å²) in [5.41, 5.74) is 2.34. The first-order chi connectivity index (χ1) is 11.2. The van der Waals surface area contributed by atoms with Gasteiger partial charge in [-0.1, -0.05) is 37.6 Å². The minimum atomic E-state index is 0.336. The smallest absolute Gasteiger partial charge is 0.115 e. The van der Waals surface area contributed by atoms with Gasteiger partial charge in [-0.15, -0.1) is 0 Å². The molecule has 0 aliphatic carbocycles. The summed E-state index contributed by atoms with van der Waals surface area (Å²) in [6, 6.07) is 15.0. The number of benzene rings is 2. The standard InChI is InChI=1S/C20H27NO2/c1-2-3-12-21(13-10-17-6-4-8-19(22)15-17)14-11-18-7-5-9-20(23)16-18/h4-9,15-16,22-23H,2-3,10-14H2,1H3. The first-order valence-electron chi connectivity index (χ1n) is 8.45. The van der Waals surface area contributed by atoms with Crippen molar-refractivity contribution in [1.82, 2.24) is 4.90 Å². The molecule has 0 saturated heterocycles. The Morgan fingerprint density at radius 1 is 0.783 bits per heavy atom. The molecule has 3 heteroatoms. The zero-order valence-corrected chi connectivity index (χ0v) is 13.9. The van der Waals surface area contributed by atoms with Crippen LogP contribution in [0.3, 0.4) is 0 Å². The summed E-state index contributed by atoms with van der Waals surface area (Å²) >= 11 is 0. The van der Waals surface area contributed by atoms with Crippen LogP contribution in [0, 0.1) is 0 Å². The van der Waals surface area contributed by atoms with Gasteiger partial charge in [0.05, 0.1) is 0 Å². The van der Waals surface area contributed by atoms with Crippen LogP contribution in [0.5, 0.6) is 11.5 Å². The van der Waals surface area contributed by atoms with Crippen molar-refractivity contribution in [2.45, 2.75) is 32.6 Å². The molecule has 0 heterocycles. The maximum Gasteiger partial charge on any atom is 0.115 e. The zero-order chi connectivity index (χ0) is 16.5. The quantitative estimate of drug-likeness (QED) is 0.736. The second-order valence-corrected chi connectivity index (χ2v) is 6.03. The number of aromatic hydroxyl groups is 2. The van der Waals surface area contributed by atoms with Crippen molar-refractivity contribution in [3.05, 3.63) is 59.7 Å². The van der Waals surface area contributed by atoms with Crippen LogP contribution in [0.15, 0.2) is 48.5 Å². The molecule has 0 amide bonds. The van der Waals surface area contributed by atoms with Gasteiger partial charge in [0.15, 0.2) is 0 Å². The predicted molar refractivity (Wildman–Crippen MR) is 95.0 cm³/mol. The van der Waals surface area contributed by atoms with Crippen molar-refractivity contribution in [2.24, 2.45) is 0 Å². The number of unbranched alkanes of at least 4 members (excludes halogenated alkanes) is 1. The van der Waals surface area contributed by atoms with Gasteiger partial charge >= 0.3 is 0 Å². The van der Waals surface area contributed by atoms with Crippen molar-refractivity contribution in [3.63, 3.8) is 0 Å². The minimum absolute atomic E-state index is 0.336. The van der Waals surface area contributed by atoms with Gasteiger partial charge in [0, 0.05) is 13.1 Å². The Kier molecular flexibility index (Phi) is 6.95. The largest absolute Gasteiger partial charge is 0.508 e. The van der Waals surface area contributed by atoms with E-state index in [1.165, 1.54) is 24.0 Å². The molecular formula is C20H27NO2. The van der Waals surface area contributed by atoms with Gasteiger partial charge in [-0.3, -0.25) is 0 Å². The topological polar surface area (TPSA) is 43.7 Å². The fraction of sp³-hybridized carbons (Fsp3) is 0.400. The van der Waals surface area contributed by atoms with Crippen LogP contribution in [0.1, 0.15) is 30.9 Å². The lowest BCUT2D eigenvalue weighted by atomic mass is 10.1. The summed E-state index contributed by atoms with van der Waals surface area (Å²) in [6.45, 7) is 5.28. The van der Waals surface area contributed by atoms with Crippen LogP contribution in [0.25, 0.3) is 0 Å². The highest BCUT2D eigenvalue weighted by molar-refractivity contribution is 5.28. The van der Waals surface area contributed by atoms with Gasteiger partial charge in [0.1, 0.15) is 11.5 Å². The van der Waals surface area contributed by atoms with Crippen molar-refractivity contribution in [2.75, 3.05) is 19.6 Å². The molecule has 0 fully saturated rings. The van der Waals surface area contributed by atoms with Crippen LogP contribution < -0.4 is 0 Å². The van der Waals surface area contributed by atoms with E-state index in [9.17, 15) is 10.2 Å². The molecular weight excluding hydrogens is 286 g/mol. The van der Waals surface area contributed by atoms with Crippen molar-refractivity contribution < 1.29 is 10.2 Å². The number of hydrogen-bond donors (Lipinski definition) is 2. The number of nitrogens with zero attached hydrogens (tertiary/aromatic N) is 1. The molecule has 2 aromatic carbocycles. The molecule has 2 N–H and O–H groups in total. The average Bonchev–Trinajstić information content (AvgIpc) is 2.54. The van der Waals surface area contributed by atoms with E-state index in [4.69, 9.17) is 0 Å². The lowest BCUT2D eigenvalue weighted by molar-refractivity contribution is 0.276. The van der Waals surface area contributed by atoms with Gasteiger partial charge in [0.25, 0.3) is 0 Å². The maximum atomic E-state index is 9.56. The van der Waals surface area contributed by atoms with Crippen molar-refractivity contribution in [1.29, 1.82) is 0 Å². The lowest BCUT2D eigenvalue weighted by Gasteiger charge is -2.22. The maximum absolute atomic E-state index is 9.56. The Morgan fingerprint density at radius 3 is 1.74 bits per heavy atom. The number of hydrogen-bond acceptors (Lipinski definition) is 3. The predicted octanol–water partition coefficient (Wildman–Crippen LogP) is 3.99. The third-order valence-electron chi connectivity index (χ3n) is 4.08. The first-order valence-corrected chi connectivity index (χ1v) is 8.45. The van der Waals surface area contributed by atoms with E-state index < -0.39 is 0 Å². The SMILES string of the molecule is CCCCN(CCc1cccc(O)c1)CCc1cccc(O)c1. The van der Waals surface area contributed by atoms with Crippen LogP contribution in [0.4, 0.5) is 0 Å². The normalized spacial score (nSPS) is 11.0. The van der Waals surface area contributed by atoms with E-state index in [0.717, 1.165) is 32.5 Å². The van der Waals surface area contributed by atoms with E-state index in [1.54, 1.807) is 12.1 Å². The zero-order valence-electron chi connectivity index (χ0n) is 13.9. The molecule has 0 spiro atoms. The average molecular weight is 313 g/mol. The molecule has 0 aliphatic rings. The summed E-state index contributed by atoms with van der Waals surface area (Å²) in [6.07, 6.45) is 4.27. The molecule has 124 valence electrons.